The van der Waals surface area contributed by atoms with Crippen molar-refractivity contribution in [3.63, 3.8) is 0 Å². The largest absolute Gasteiger partial charge is 0.496 e. The maximum Gasteiger partial charge on any atom is 0.255 e. The monoisotopic (exact) mass is 284 g/mol. The van der Waals surface area contributed by atoms with Crippen LogP contribution in [0.2, 0.25) is 0 Å². The van der Waals surface area contributed by atoms with Crippen LogP contribution in [-0.4, -0.2) is 13.0 Å². The lowest BCUT2D eigenvalue weighted by Crippen LogP contribution is -2.13. The molecule has 4 heteroatoms. The fourth-order valence-electron chi connectivity index (χ4n) is 2.16. The van der Waals surface area contributed by atoms with Gasteiger partial charge in [0, 0.05) is 16.9 Å². The summed E-state index contributed by atoms with van der Waals surface area (Å²) in [7, 11) is 1.59. The van der Waals surface area contributed by atoms with E-state index in [9.17, 15) is 4.79 Å². The van der Waals surface area contributed by atoms with E-state index in [0.29, 0.717) is 17.0 Å². The average Bonchev–Trinajstić information content (AvgIpc) is 2.45. The van der Waals surface area contributed by atoms with Crippen molar-refractivity contribution < 1.29 is 9.53 Å². The number of rotatable bonds is 3. The van der Waals surface area contributed by atoms with Gasteiger partial charge in [0.25, 0.3) is 5.91 Å². The molecule has 2 rings (SSSR count). The van der Waals surface area contributed by atoms with Crippen molar-refractivity contribution in [2.24, 2.45) is 0 Å². The van der Waals surface area contributed by atoms with Gasteiger partial charge in [-0.3, -0.25) is 4.79 Å². The molecule has 0 bridgehead atoms. The second-order valence-corrected chi connectivity index (χ2v) is 5.16. The van der Waals surface area contributed by atoms with E-state index in [1.165, 1.54) is 0 Å². The van der Waals surface area contributed by atoms with E-state index in [2.05, 4.69) is 5.32 Å². The zero-order chi connectivity index (χ0) is 15.6. The standard InChI is InChI=1S/C17H20N2O2/c1-10-5-6-13(8-16(10)21-4)17(20)19-15-9-14(18)11(2)7-12(15)3/h5-9H,18H2,1-4H3,(H,19,20). The molecule has 0 aliphatic heterocycles. The van der Waals surface area contributed by atoms with E-state index < -0.39 is 0 Å². The number of hydrogen-bond donors (Lipinski definition) is 2. The second kappa shape index (κ2) is 5.87. The van der Waals surface area contributed by atoms with Gasteiger partial charge in [0.05, 0.1) is 7.11 Å². The van der Waals surface area contributed by atoms with Crippen molar-refractivity contribution in [3.8, 4) is 5.75 Å². The Labute approximate surface area is 124 Å². The van der Waals surface area contributed by atoms with Crippen molar-refractivity contribution in [1.29, 1.82) is 0 Å². The van der Waals surface area contributed by atoms with Gasteiger partial charge in [0.2, 0.25) is 0 Å². The fraction of sp³-hybridized carbons (Fsp3) is 0.235. The molecule has 0 aromatic heterocycles. The molecule has 0 heterocycles. The summed E-state index contributed by atoms with van der Waals surface area (Å²) in [6.45, 7) is 5.82. The van der Waals surface area contributed by atoms with Crippen LogP contribution >= 0.6 is 0 Å². The number of aryl methyl sites for hydroxylation is 3. The van der Waals surface area contributed by atoms with Gasteiger partial charge in [-0.1, -0.05) is 12.1 Å². The molecule has 0 spiro atoms. The Morgan fingerprint density at radius 3 is 2.43 bits per heavy atom. The molecule has 0 unspecified atom stereocenters. The number of carbonyl (C=O) groups is 1. The van der Waals surface area contributed by atoms with Crippen molar-refractivity contribution in [2.75, 3.05) is 18.2 Å². The molecular weight excluding hydrogens is 264 g/mol. The Morgan fingerprint density at radius 1 is 1.05 bits per heavy atom. The first-order valence-corrected chi connectivity index (χ1v) is 6.75. The first kappa shape index (κ1) is 14.9. The van der Waals surface area contributed by atoms with E-state index in [-0.39, 0.29) is 5.91 Å². The number of nitrogens with two attached hydrogens (primary N) is 1. The molecule has 21 heavy (non-hydrogen) atoms. The molecule has 0 saturated heterocycles. The summed E-state index contributed by atoms with van der Waals surface area (Å²) in [6.07, 6.45) is 0. The lowest BCUT2D eigenvalue weighted by Gasteiger charge is -2.12. The lowest BCUT2D eigenvalue weighted by atomic mass is 10.1. The molecule has 1 amide bonds. The van der Waals surface area contributed by atoms with Gasteiger partial charge in [-0.05, 0) is 55.7 Å². The summed E-state index contributed by atoms with van der Waals surface area (Å²) >= 11 is 0. The van der Waals surface area contributed by atoms with Crippen LogP contribution in [0.3, 0.4) is 0 Å². The van der Waals surface area contributed by atoms with Crippen LogP contribution < -0.4 is 15.8 Å². The molecule has 2 aromatic carbocycles. The van der Waals surface area contributed by atoms with Gasteiger partial charge in [-0.25, -0.2) is 0 Å². The van der Waals surface area contributed by atoms with Crippen LogP contribution in [0.4, 0.5) is 11.4 Å². The maximum atomic E-state index is 12.3. The molecule has 3 N–H and O–H groups in total. The Hall–Kier alpha value is -2.49. The van der Waals surface area contributed by atoms with Crippen LogP contribution in [0.1, 0.15) is 27.0 Å². The zero-order valence-corrected chi connectivity index (χ0v) is 12.8. The molecule has 0 saturated carbocycles. The maximum absolute atomic E-state index is 12.3. The summed E-state index contributed by atoms with van der Waals surface area (Å²) in [5.41, 5.74) is 10.8. The molecule has 110 valence electrons. The Balaban J connectivity index is 2.28. The summed E-state index contributed by atoms with van der Waals surface area (Å²) in [4.78, 5) is 12.3. The molecule has 0 aliphatic carbocycles. The van der Waals surface area contributed by atoms with Crippen molar-refractivity contribution >= 4 is 17.3 Å². The van der Waals surface area contributed by atoms with E-state index in [0.717, 1.165) is 22.4 Å². The number of ether oxygens (including phenoxy) is 1. The minimum absolute atomic E-state index is 0.181. The summed E-state index contributed by atoms with van der Waals surface area (Å²) in [5.74, 6) is 0.516. The third kappa shape index (κ3) is 3.16. The lowest BCUT2D eigenvalue weighted by molar-refractivity contribution is 0.102. The van der Waals surface area contributed by atoms with Crippen LogP contribution in [0, 0.1) is 20.8 Å². The normalized spacial score (nSPS) is 10.3. The molecule has 0 aliphatic rings. The van der Waals surface area contributed by atoms with E-state index in [4.69, 9.17) is 10.5 Å². The Bertz CT molecular complexity index is 693. The van der Waals surface area contributed by atoms with Crippen molar-refractivity contribution in [3.05, 3.63) is 52.6 Å². The molecule has 0 atom stereocenters. The first-order chi connectivity index (χ1) is 9.92. The molecule has 0 radical (unpaired) electrons. The second-order valence-electron chi connectivity index (χ2n) is 5.16. The SMILES string of the molecule is COc1cc(C(=O)Nc2cc(N)c(C)cc2C)ccc1C. The van der Waals surface area contributed by atoms with Crippen molar-refractivity contribution in [1.82, 2.24) is 0 Å². The number of methoxy groups -OCH3 is 1. The van der Waals surface area contributed by atoms with E-state index >= 15 is 0 Å². The number of carbonyl (C=O) groups excluding carboxylic acids is 1. The van der Waals surface area contributed by atoms with Crippen LogP contribution in [0.25, 0.3) is 0 Å². The minimum atomic E-state index is -0.181. The van der Waals surface area contributed by atoms with Crippen LogP contribution in [0.15, 0.2) is 30.3 Å². The zero-order valence-electron chi connectivity index (χ0n) is 12.8. The van der Waals surface area contributed by atoms with E-state index in [1.807, 2.05) is 32.9 Å². The third-order valence-corrected chi connectivity index (χ3v) is 3.53. The smallest absolute Gasteiger partial charge is 0.255 e. The summed E-state index contributed by atoms with van der Waals surface area (Å²) in [6, 6.07) is 9.12. The quantitative estimate of drug-likeness (QED) is 0.848. The third-order valence-electron chi connectivity index (χ3n) is 3.53. The molecule has 4 nitrogen and oxygen atoms in total. The van der Waals surface area contributed by atoms with Gasteiger partial charge in [0.1, 0.15) is 5.75 Å². The van der Waals surface area contributed by atoms with Gasteiger partial charge in [-0.2, -0.15) is 0 Å². The number of anilines is 2. The Morgan fingerprint density at radius 2 is 1.76 bits per heavy atom. The fourth-order valence-corrected chi connectivity index (χ4v) is 2.16. The molecule has 0 fully saturated rings. The van der Waals surface area contributed by atoms with Crippen LogP contribution in [-0.2, 0) is 0 Å². The minimum Gasteiger partial charge on any atom is -0.496 e. The number of hydrogen-bond acceptors (Lipinski definition) is 3. The number of nitrogen functional groups attached to an aromatic ring is 1. The Kier molecular flexibility index (Phi) is 4.17. The average molecular weight is 284 g/mol. The topological polar surface area (TPSA) is 64.3 Å². The molecule has 2 aromatic rings. The van der Waals surface area contributed by atoms with Gasteiger partial charge in [0.15, 0.2) is 0 Å². The van der Waals surface area contributed by atoms with Crippen LogP contribution in [0.5, 0.6) is 5.75 Å². The van der Waals surface area contributed by atoms with Gasteiger partial charge in [-0.15, -0.1) is 0 Å². The van der Waals surface area contributed by atoms with Crippen molar-refractivity contribution in [2.45, 2.75) is 20.8 Å². The highest BCUT2D eigenvalue weighted by Gasteiger charge is 2.11. The van der Waals surface area contributed by atoms with E-state index in [1.54, 1.807) is 25.3 Å². The summed E-state index contributed by atoms with van der Waals surface area (Å²) in [5, 5.41) is 2.89. The highest BCUT2D eigenvalue weighted by molar-refractivity contribution is 6.05. The predicted molar refractivity (Wildman–Crippen MR) is 86.0 cm³/mol. The highest BCUT2D eigenvalue weighted by atomic mass is 16.5. The summed E-state index contributed by atoms with van der Waals surface area (Å²) < 4.78 is 5.24. The number of benzene rings is 2. The molecular formula is C17H20N2O2. The highest BCUT2D eigenvalue weighted by Crippen LogP contribution is 2.24. The first-order valence-electron chi connectivity index (χ1n) is 6.75. The number of amides is 1. The predicted octanol–water partition coefficient (Wildman–Crippen LogP) is 3.45. The van der Waals surface area contributed by atoms with Gasteiger partial charge >= 0.3 is 0 Å². The number of nitrogens with one attached hydrogen (secondary N) is 1. The van der Waals surface area contributed by atoms with Gasteiger partial charge < -0.3 is 15.8 Å².